The minimum absolute atomic E-state index is 0.0762. The van der Waals surface area contributed by atoms with Gasteiger partial charge in [-0.05, 0) is 71.0 Å². The number of carbonyl (C=O) groups is 4. The van der Waals surface area contributed by atoms with Gasteiger partial charge in [0.15, 0.2) is 9.75 Å². The Morgan fingerprint density at radius 3 is 2.36 bits per heavy atom. The van der Waals surface area contributed by atoms with Crippen LogP contribution in [0.2, 0.25) is 0 Å². The lowest BCUT2D eigenvalue weighted by Crippen LogP contribution is -2.60. The van der Waals surface area contributed by atoms with Crippen LogP contribution in [0.3, 0.4) is 0 Å². The molecule has 0 aromatic heterocycles. The van der Waals surface area contributed by atoms with Gasteiger partial charge in [0.2, 0.25) is 11.8 Å². The molecule has 6 unspecified atom stereocenters. The number of hydrogen-bond acceptors (Lipinski definition) is 5. The molecule has 2 aliphatic carbocycles. The van der Waals surface area contributed by atoms with Crippen molar-refractivity contribution in [1.29, 1.82) is 0 Å². The van der Waals surface area contributed by atoms with E-state index < -0.39 is 45.2 Å². The third-order valence-corrected chi connectivity index (χ3v) is 12.0. The number of hydrogen-bond donors (Lipinski definition) is 1. The van der Waals surface area contributed by atoms with Gasteiger partial charge in [0, 0.05) is 20.4 Å². The fraction of sp³-hybridized carbons (Fsp3) is 0.290. The zero-order valence-corrected chi connectivity index (χ0v) is 27.0. The minimum Gasteiger partial charge on any atom is -0.507 e. The highest BCUT2D eigenvalue weighted by Gasteiger charge is 2.76. The van der Waals surface area contributed by atoms with Crippen molar-refractivity contribution in [2.24, 2.45) is 17.8 Å². The number of anilines is 1. The van der Waals surface area contributed by atoms with Gasteiger partial charge >= 0.3 is 0 Å². The number of nitrogens with zero attached hydrogens (tertiary/aromatic N) is 2. The Bertz CT molecular complexity index is 1770. The van der Waals surface area contributed by atoms with Crippen LogP contribution in [0.5, 0.6) is 5.75 Å². The first-order valence-electron chi connectivity index (χ1n) is 13.4. The molecule has 11 heteroatoms. The number of phenols is 1. The second-order valence-corrected chi connectivity index (χ2v) is 14.2. The first-order chi connectivity index (χ1) is 20.0. The molecule has 4 amide bonds. The van der Waals surface area contributed by atoms with Crippen LogP contribution in [0, 0.1) is 21.3 Å². The summed E-state index contributed by atoms with van der Waals surface area (Å²) in [5.41, 5.74) is 1.34. The van der Waals surface area contributed by atoms with Crippen molar-refractivity contribution in [2.45, 2.75) is 28.5 Å². The standard InChI is InChI=1S/C31H22BrCl2IN2O5/c32-14-36-28(41)30(33)13-22-19(11-12-20-23(22)27(40)37(26(20)39)17-8-6-16(35)7-9-17)24(31(30,34)29(36)42)21-10-5-15-3-1-2-4-18(15)25(21)38/h1-11,20,22-24,38H,12-14H2. The molecule has 1 N–H and O–H groups in total. The third kappa shape index (κ3) is 3.56. The Kier molecular flexibility index (Phi) is 6.59. The van der Waals surface area contributed by atoms with Gasteiger partial charge in [0.25, 0.3) is 11.8 Å². The van der Waals surface area contributed by atoms with Crippen LogP contribution in [0.25, 0.3) is 10.8 Å². The molecule has 0 spiro atoms. The maximum Gasteiger partial charge on any atom is 0.254 e. The average molecular weight is 780 g/mol. The van der Waals surface area contributed by atoms with Gasteiger partial charge in [-0.15, -0.1) is 23.2 Å². The lowest BCUT2D eigenvalue weighted by atomic mass is 9.56. The number of alkyl halides is 3. The highest BCUT2D eigenvalue weighted by molar-refractivity contribution is 14.1. The van der Waals surface area contributed by atoms with Crippen LogP contribution in [0.1, 0.15) is 24.3 Å². The van der Waals surface area contributed by atoms with Crippen LogP contribution in [-0.2, 0) is 19.2 Å². The SMILES string of the molecule is O=C1C2CC=C3C(CC4(Cl)C(=O)N(CBr)C(=O)C4(Cl)C3c3ccc4ccccc4c3O)C2C(=O)N1c1ccc(I)cc1. The molecule has 0 bridgehead atoms. The molecule has 7 rings (SSSR count). The van der Waals surface area contributed by atoms with Crippen molar-refractivity contribution in [3.05, 3.63) is 81.4 Å². The van der Waals surface area contributed by atoms with Crippen LogP contribution in [0.4, 0.5) is 5.69 Å². The lowest BCUT2D eigenvalue weighted by Gasteiger charge is -2.50. The topological polar surface area (TPSA) is 95.0 Å². The van der Waals surface area contributed by atoms with E-state index in [1.165, 1.54) is 4.90 Å². The quantitative estimate of drug-likeness (QED) is 0.115. The molecule has 2 saturated heterocycles. The van der Waals surface area contributed by atoms with Gasteiger partial charge in [0.05, 0.1) is 23.0 Å². The van der Waals surface area contributed by atoms with E-state index in [1.54, 1.807) is 30.3 Å². The third-order valence-electron chi connectivity index (χ3n) is 9.34. The number of allylic oxidation sites excluding steroid dienone is 2. The van der Waals surface area contributed by atoms with Crippen molar-refractivity contribution in [3.63, 3.8) is 0 Å². The number of carbonyl (C=O) groups excluding carboxylic acids is 4. The molecular weight excluding hydrogens is 758 g/mol. The van der Waals surface area contributed by atoms with Crippen molar-refractivity contribution in [1.82, 2.24) is 4.90 Å². The first kappa shape index (κ1) is 28.3. The maximum absolute atomic E-state index is 14.1. The van der Waals surface area contributed by atoms with E-state index in [0.29, 0.717) is 22.2 Å². The number of benzene rings is 3. The summed E-state index contributed by atoms with van der Waals surface area (Å²) in [7, 11) is 0. The minimum atomic E-state index is -1.98. The monoisotopic (exact) mass is 778 g/mol. The molecule has 42 heavy (non-hydrogen) atoms. The normalized spacial score (nSPS) is 32.2. The second-order valence-electron chi connectivity index (χ2n) is 11.2. The van der Waals surface area contributed by atoms with Crippen molar-refractivity contribution in [2.75, 3.05) is 10.4 Å². The number of aromatic hydroxyl groups is 1. The van der Waals surface area contributed by atoms with Crippen molar-refractivity contribution in [3.8, 4) is 5.75 Å². The van der Waals surface area contributed by atoms with Crippen molar-refractivity contribution < 1.29 is 24.3 Å². The molecule has 2 aliphatic heterocycles. The summed E-state index contributed by atoms with van der Waals surface area (Å²) in [6.45, 7) is 0. The van der Waals surface area contributed by atoms with E-state index in [4.69, 9.17) is 23.2 Å². The number of halogens is 4. The number of likely N-dealkylation sites (tertiary alicyclic amines) is 1. The molecule has 2 heterocycles. The van der Waals surface area contributed by atoms with Gasteiger partial charge in [-0.2, -0.15) is 0 Å². The van der Waals surface area contributed by atoms with E-state index >= 15 is 0 Å². The summed E-state index contributed by atoms with van der Waals surface area (Å²) in [4.78, 5) is 53.9. The van der Waals surface area contributed by atoms with Crippen LogP contribution >= 0.6 is 61.7 Å². The predicted molar refractivity (Wildman–Crippen MR) is 171 cm³/mol. The molecule has 3 fully saturated rings. The molecule has 214 valence electrons. The van der Waals surface area contributed by atoms with Gasteiger partial charge < -0.3 is 5.11 Å². The zero-order valence-electron chi connectivity index (χ0n) is 21.8. The van der Waals surface area contributed by atoms with E-state index in [0.717, 1.165) is 13.9 Å². The molecule has 3 aromatic carbocycles. The molecule has 4 aliphatic rings. The number of amides is 4. The summed E-state index contributed by atoms with van der Waals surface area (Å²) in [6.07, 6.45) is 2.01. The van der Waals surface area contributed by atoms with Gasteiger partial charge in [0.1, 0.15) is 5.75 Å². The highest BCUT2D eigenvalue weighted by Crippen LogP contribution is 2.66. The van der Waals surface area contributed by atoms with Crippen LogP contribution < -0.4 is 4.90 Å². The van der Waals surface area contributed by atoms with E-state index in [1.807, 2.05) is 36.4 Å². The summed E-state index contributed by atoms with van der Waals surface area (Å²) in [5.74, 6) is -5.26. The second kappa shape index (κ2) is 9.77. The lowest BCUT2D eigenvalue weighted by molar-refractivity contribution is -0.138. The summed E-state index contributed by atoms with van der Waals surface area (Å²) in [5, 5.41) is 12.9. The number of rotatable bonds is 3. The van der Waals surface area contributed by atoms with Gasteiger partial charge in [-0.25, -0.2) is 0 Å². The van der Waals surface area contributed by atoms with Gasteiger partial charge in [-0.1, -0.05) is 64.0 Å². The molecule has 7 nitrogen and oxygen atoms in total. The fourth-order valence-electron chi connectivity index (χ4n) is 7.45. The zero-order chi connectivity index (χ0) is 29.7. The Labute approximate surface area is 273 Å². The van der Waals surface area contributed by atoms with E-state index in [2.05, 4.69) is 38.5 Å². The van der Waals surface area contributed by atoms with Crippen LogP contribution in [-0.4, -0.2) is 48.8 Å². The molecular formula is C31H22BrCl2IN2O5. The molecule has 1 saturated carbocycles. The number of fused-ring (bicyclic) bond motifs is 5. The highest BCUT2D eigenvalue weighted by atomic mass is 127. The first-order valence-corrected chi connectivity index (χ1v) is 16.3. The molecule has 3 aromatic rings. The van der Waals surface area contributed by atoms with E-state index in [-0.39, 0.29) is 35.9 Å². The maximum atomic E-state index is 14.1. The molecule has 6 atom stereocenters. The summed E-state index contributed by atoms with van der Waals surface area (Å²) < 4.78 is 0.963. The number of phenolic OH excluding ortho intramolecular Hbond substituents is 1. The predicted octanol–water partition coefficient (Wildman–Crippen LogP) is 6.07. The smallest absolute Gasteiger partial charge is 0.254 e. The largest absolute Gasteiger partial charge is 0.507 e. The fourth-order valence-corrected chi connectivity index (χ4v) is 9.22. The van der Waals surface area contributed by atoms with E-state index in [9.17, 15) is 24.3 Å². The average Bonchev–Trinajstić information content (AvgIpc) is 3.32. The van der Waals surface area contributed by atoms with Crippen molar-refractivity contribution >= 4 is 102 Å². The van der Waals surface area contributed by atoms with Crippen LogP contribution in [0.15, 0.2) is 72.3 Å². The summed E-state index contributed by atoms with van der Waals surface area (Å²) in [6, 6.07) is 17.9. The Hall–Kier alpha value is -2.47. The Morgan fingerprint density at radius 2 is 1.64 bits per heavy atom. The van der Waals surface area contributed by atoms with Gasteiger partial charge in [-0.3, -0.25) is 29.0 Å². The Morgan fingerprint density at radius 1 is 0.929 bits per heavy atom. The summed E-state index contributed by atoms with van der Waals surface area (Å²) >= 11 is 20.0. The molecule has 0 radical (unpaired) electrons. The Balaban J connectivity index is 1.43. The number of imide groups is 2.